The van der Waals surface area contributed by atoms with Crippen LogP contribution in [0.4, 0.5) is 0 Å². The fourth-order valence-electron chi connectivity index (χ4n) is 1.80. The second-order valence-corrected chi connectivity index (χ2v) is 4.49. The Kier molecular flexibility index (Phi) is 6.78. The summed E-state index contributed by atoms with van der Waals surface area (Å²) in [6.07, 6.45) is 1.58. The number of hydrogen-bond donors (Lipinski definition) is 0. The first kappa shape index (κ1) is 16.7. The molecule has 0 aromatic heterocycles. The molecule has 122 valence electrons. The van der Waals surface area contributed by atoms with Gasteiger partial charge >= 0.3 is 0 Å². The highest BCUT2D eigenvalue weighted by atomic mass is 16.6. The zero-order valence-electron chi connectivity index (χ0n) is 13.4. The molecule has 0 radical (unpaired) electrons. The highest BCUT2D eigenvalue weighted by molar-refractivity contribution is 5.58. The Morgan fingerprint density at radius 1 is 0.739 bits per heavy atom. The van der Waals surface area contributed by atoms with Gasteiger partial charge in [-0.15, -0.1) is 0 Å². The average molecular weight is 315 g/mol. The number of oxime groups is 1. The van der Waals surface area contributed by atoms with E-state index in [0.29, 0.717) is 19.8 Å². The van der Waals surface area contributed by atoms with Crippen LogP contribution in [0.1, 0.15) is 13.8 Å². The topological polar surface area (TPSA) is 49.3 Å². The van der Waals surface area contributed by atoms with Crippen molar-refractivity contribution in [1.29, 1.82) is 0 Å². The fourth-order valence-corrected chi connectivity index (χ4v) is 1.80. The Morgan fingerprint density at radius 3 is 1.78 bits per heavy atom. The van der Waals surface area contributed by atoms with E-state index in [2.05, 4.69) is 5.16 Å². The third-order valence-corrected chi connectivity index (χ3v) is 2.80. The lowest BCUT2D eigenvalue weighted by Crippen LogP contribution is -1.98. The Labute approximate surface area is 136 Å². The highest BCUT2D eigenvalue weighted by Crippen LogP contribution is 2.25. The van der Waals surface area contributed by atoms with Crippen LogP contribution < -0.4 is 14.2 Å². The molecule has 0 spiro atoms. The van der Waals surface area contributed by atoms with Gasteiger partial charge in [-0.05, 0) is 62.4 Å². The lowest BCUT2D eigenvalue weighted by Gasteiger charge is -2.08. The van der Waals surface area contributed by atoms with Gasteiger partial charge in [0, 0.05) is 0 Å². The summed E-state index contributed by atoms with van der Waals surface area (Å²) in [6.45, 7) is 5.39. The monoisotopic (exact) mass is 315 g/mol. The molecule has 5 heteroatoms. The van der Waals surface area contributed by atoms with Crippen LogP contribution in [0.15, 0.2) is 53.7 Å². The molecule has 2 rings (SSSR count). The standard InChI is InChI=1S/C18H21NO4/c1-3-20-15-5-9-17(10-6-15)23-18-11-7-16(8-12-18)21-14-13-19-22-4-2/h5-13H,3-4,14H2,1-2H3/b19-13+. The molecule has 0 heterocycles. The minimum absolute atomic E-state index is 0.360. The first-order valence-electron chi connectivity index (χ1n) is 7.59. The molecule has 5 nitrogen and oxygen atoms in total. The molecule has 0 bridgehead atoms. The van der Waals surface area contributed by atoms with Gasteiger partial charge in [0.15, 0.2) is 0 Å². The molecule has 0 aliphatic heterocycles. The van der Waals surface area contributed by atoms with Crippen LogP contribution in [0.5, 0.6) is 23.0 Å². The second-order valence-electron chi connectivity index (χ2n) is 4.49. The lowest BCUT2D eigenvalue weighted by atomic mass is 10.3. The normalized spacial score (nSPS) is 10.5. The van der Waals surface area contributed by atoms with E-state index in [1.807, 2.05) is 62.4 Å². The van der Waals surface area contributed by atoms with E-state index < -0.39 is 0 Å². The van der Waals surface area contributed by atoms with Crippen LogP contribution in [0.25, 0.3) is 0 Å². The van der Waals surface area contributed by atoms with E-state index in [-0.39, 0.29) is 0 Å². The molecule has 2 aromatic carbocycles. The summed E-state index contributed by atoms with van der Waals surface area (Å²) >= 11 is 0. The molecule has 0 saturated carbocycles. The maximum atomic E-state index is 5.77. The molecule has 2 aromatic rings. The van der Waals surface area contributed by atoms with E-state index in [4.69, 9.17) is 19.0 Å². The Bertz CT molecular complexity index is 593. The summed E-state index contributed by atoms with van der Waals surface area (Å²) in [5.41, 5.74) is 0. The molecule has 0 N–H and O–H groups in total. The minimum Gasteiger partial charge on any atom is -0.494 e. The van der Waals surface area contributed by atoms with Crippen molar-refractivity contribution >= 4 is 6.21 Å². The van der Waals surface area contributed by atoms with Crippen LogP contribution in [0, 0.1) is 0 Å². The van der Waals surface area contributed by atoms with E-state index in [1.165, 1.54) is 0 Å². The molecule has 0 unspecified atom stereocenters. The number of nitrogens with zero attached hydrogens (tertiary/aromatic N) is 1. The van der Waals surface area contributed by atoms with Crippen molar-refractivity contribution in [2.75, 3.05) is 19.8 Å². The maximum absolute atomic E-state index is 5.77. The van der Waals surface area contributed by atoms with E-state index in [0.717, 1.165) is 23.0 Å². The van der Waals surface area contributed by atoms with Crippen LogP contribution >= 0.6 is 0 Å². The van der Waals surface area contributed by atoms with Crippen LogP contribution in [0.2, 0.25) is 0 Å². The van der Waals surface area contributed by atoms with Crippen LogP contribution in [0.3, 0.4) is 0 Å². The van der Waals surface area contributed by atoms with Gasteiger partial charge in [0.2, 0.25) is 0 Å². The van der Waals surface area contributed by atoms with Gasteiger partial charge in [0.25, 0.3) is 0 Å². The summed E-state index contributed by atoms with van der Waals surface area (Å²) < 4.78 is 16.7. The molecule has 0 amide bonds. The van der Waals surface area contributed by atoms with E-state index in [1.54, 1.807) is 6.21 Å². The molecule has 0 fully saturated rings. The molecule has 23 heavy (non-hydrogen) atoms. The second kappa shape index (κ2) is 9.35. The fraction of sp³-hybridized carbons (Fsp3) is 0.278. The Balaban J connectivity index is 1.84. The molecule has 0 aliphatic rings. The van der Waals surface area contributed by atoms with Crippen molar-refractivity contribution in [3.63, 3.8) is 0 Å². The zero-order valence-corrected chi connectivity index (χ0v) is 13.4. The lowest BCUT2D eigenvalue weighted by molar-refractivity contribution is 0.158. The summed E-state index contributed by atoms with van der Waals surface area (Å²) in [6, 6.07) is 14.9. The van der Waals surface area contributed by atoms with Gasteiger partial charge in [-0.25, -0.2) is 0 Å². The summed E-state index contributed by atoms with van der Waals surface area (Å²) in [7, 11) is 0. The summed E-state index contributed by atoms with van der Waals surface area (Å²) in [4.78, 5) is 4.84. The first-order valence-corrected chi connectivity index (χ1v) is 7.59. The van der Waals surface area contributed by atoms with Gasteiger partial charge in [0.1, 0.15) is 36.2 Å². The van der Waals surface area contributed by atoms with Crippen molar-refractivity contribution in [2.24, 2.45) is 5.16 Å². The molecular formula is C18H21NO4. The molecule has 0 aliphatic carbocycles. The van der Waals surface area contributed by atoms with E-state index in [9.17, 15) is 0 Å². The quantitative estimate of drug-likeness (QED) is 0.512. The van der Waals surface area contributed by atoms with Crippen LogP contribution in [-0.4, -0.2) is 26.0 Å². The van der Waals surface area contributed by atoms with Crippen molar-refractivity contribution in [2.45, 2.75) is 13.8 Å². The maximum Gasteiger partial charge on any atom is 0.127 e. The molecule has 0 saturated heterocycles. The molecule has 0 atom stereocenters. The summed E-state index contributed by atoms with van der Waals surface area (Å²) in [5.74, 6) is 3.07. The Morgan fingerprint density at radius 2 is 1.26 bits per heavy atom. The van der Waals surface area contributed by atoms with E-state index >= 15 is 0 Å². The summed E-state index contributed by atoms with van der Waals surface area (Å²) in [5, 5.41) is 3.71. The number of ether oxygens (including phenoxy) is 3. The average Bonchev–Trinajstić information content (AvgIpc) is 2.58. The predicted molar refractivity (Wildman–Crippen MR) is 89.7 cm³/mol. The van der Waals surface area contributed by atoms with Gasteiger partial charge in [-0.3, -0.25) is 0 Å². The first-order chi connectivity index (χ1) is 11.3. The zero-order chi connectivity index (χ0) is 16.3. The van der Waals surface area contributed by atoms with Gasteiger partial charge in [-0.2, -0.15) is 0 Å². The molecular weight excluding hydrogens is 294 g/mol. The third-order valence-electron chi connectivity index (χ3n) is 2.80. The van der Waals surface area contributed by atoms with Gasteiger partial charge in [-0.1, -0.05) is 5.16 Å². The number of benzene rings is 2. The van der Waals surface area contributed by atoms with Crippen LogP contribution in [-0.2, 0) is 4.84 Å². The van der Waals surface area contributed by atoms with Crippen molar-refractivity contribution in [3.05, 3.63) is 48.5 Å². The SMILES string of the molecule is CCO/N=C/COc1ccc(Oc2ccc(OCC)cc2)cc1. The Hall–Kier alpha value is -2.69. The number of hydrogen-bond acceptors (Lipinski definition) is 5. The predicted octanol–water partition coefficient (Wildman–Crippen LogP) is 4.28. The van der Waals surface area contributed by atoms with Gasteiger partial charge in [0.05, 0.1) is 12.8 Å². The highest BCUT2D eigenvalue weighted by Gasteiger charge is 1.99. The largest absolute Gasteiger partial charge is 0.494 e. The van der Waals surface area contributed by atoms with Crippen molar-refractivity contribution in [3.8, 4) is 23.0 Å². The van der Waals surface area contributed by atoms with Crippen molar-refractivity contribution in [1.82, 2.24) is 0 Å². The third kappa shape index (κ3) is 5.90. The minimum atomic E-state index is 0.360. The van der Waals surface area contributed by atoms with Crippen molar-refractivity contribution < 1.29 is 19.0 Å². The smallest absolute Gasteiger partial charge is 0.127 e. The number of rotatable bonds is 9. The van der Waals surface area contributed by atoms with Gasteiger partial charge < -0.3 is 19.0 Å².